The Labute approximate surface area is 219 Å². The van der Waals surface area contributed by atoms with Crippen molar-refractivity contribution in [3.05, 3.63) is 96.1 Å². The Morgan fingerprint density at radius 3 is 2.08 bits per heavy atom. The number of nitrogens with one attached hydrogen (secondary N) is 1. The molecule has 3 aromatic carbocycles. The third-order valence-corrected chi connectivity index (χ3v) is 5.56. The van der Waals surface area contributed by atoms with Crippen LogP contribution >= 0.6 is 0 Å². The van der Waals surface area contributed by atoms with Crippen LogP contribution in [0.25, 0.3) is 28.5 Å². The van der Waals surface area contributed by atoms with Crippen LogP contribution in [0.3, 0.4) is 0 Å². The minimum absolute atomic E-state index is 0.0509. The fourth-order valence-corrected chi connectivity index (χ4v) is 3.68. The molecule has 0 aliphatic carbocycles. The van der Waals surface area contributed by atoms with E-state index < -0.39 is 18.5 Å². The van der Waals surface area contributed by atoms with Crippen LogP contribution in [0, 0.1) is 11.3 Å². The van der Waals surface area contributed by atoms with Crippen molar-refractivity contribution in [1.29, 1.82) is 5.26 Å². The molecule has 190 valence electrons. The zero-order chi connectivity index (χ0) is 26.9. The summed E-state index contributed by atoms with van der Waals surface area (Å²) in [6.07, 6.45) is 2.82. The van der Waals surface area contributed by atoms with Crippen molar-refractivity contribution in [1.82, 2.24) is 0 Å². The predicted octanol–water partition coefficient (Wildman–Crippen LogP) is 5.70. The second-order valence-electron chi connectivity index (χ2n) is 7.98. The Hall–Kier alpha value is -5.29. The second-order valence-corrected chi connectivity index (χ2v) is 7.98. The van der Waals surface area contributed by atoms with E-state index in [-0.39, 0.29) is 11.4 Å². The van der Waals surface area contributed by atoms with Crippen LogP contribution in [-0.4, -0.2) is 32.7 Å². The van der Waals surface area contributed by atoms with E-state index in [9.17, 15) is 14.9 Å². The number of carbonyl (C=O) groups is 2. The van der Waals surface area contributed by atoms with E-state index in [4.69, 9.17) is 18.6 Å². The third kappa shape index (κ3) is 6.09. The molecule has 0 atom stereocenters. The first-order valence-electron chi connectivity index (χ1n) is 11.6. The van der Waals surface area contributed by atoms with Crippen molar-refractivity contribution in [2.75, 3.05) is 26.1 Å². The smallest absolute Gasteiger partial charge is 0.331 e. The molecular weight excluding hydrogens is 484 g/mol. The van der Waals surface area contributed by atoms with Crippen LogP contribution in [0.4, 0.5) is 5.88 Å². The molecule has 0 fully saturated rings. The summed E-state index contributed by atoms with van der Waals surface area (Å²) in [5, 5.41) is 12.6. The van der Waals surface area contributed by atoms with E-state index in [1.807, 2.05) is 30.3 Å². The molecule has 0 saturated heterocycles. The van der Waals surface area contributed by atoms with E-state index in [1.165, 1.54) is 6.08 Å². The Balaban J connectivity index is 1.58. The molecule has 38 heavy (non-hydrogen) atoms. The van der Waals surface area contributed by atoms with Crippen molar-refractivity contribution >= 4 is 23.8 Å². The summed E-state index contributed by atoms with van der Waals surface area (Å²) in [4.78, 5) is 24.6. The number of benzene rings is 3. The van der Waals surface area contributed by atoms with Crippen LogP contribution in [0.1, 0.15) is 11.1 Å². The standard InChI is InChI=1S/C30H24N2O6/c1-35-23-13-9-21(10-14-23)28-25(18-31)30(38-29(28)22-11-15-24(36-2)16-12-22)32-26(33)19-37-27(34)17-8-20-6-4-3-5-7-20/h3-17H,19H2,1-2H3,(H,32,33). The first-order valence-corrected chi connectivity index (χ1v) is 11.6. The molecular formula is C30H24N2O6. The number of furan rings is 1. The fourth-order valence-electron chi connectivity index (χ4n) is 3.68. The first-order chi connectivity index (χ1) is 18.5. The Bertz CT molecular complexity index is 1480. The van der Waals surface area contributed by atoms with Crippen molar-refractivity contribution in [2.24, 2.45) is 0 Å². The minimum Gasteiger partial charge on any atom is -0.497 e. The highest BCUT2D eigenvalue weighted by atomic mass is 16.5. The summed E-state index contributed by atoms with van der Waals surface area (Å²) in [5.41, 5.74) is 2.81. The number of nitrogens with zero attached hydrogens (tertiary/aromatic N) is 1. The number of rotatable bonds is 9. The van der Waals surface area contributed by atoms with Crippen molar-refractivity contribution in [3.63, 3.8) is 0 Å². The normalized spacial score (nSPS) is 10.6. The molecule has 1 amide bonds. The minimum atomic E-state index is -0.679. The van der Waals surface area contributed by atoms with Gasteiger partial charge in [-0.2, -0.15) is 5.26 Å². The largest absolute Gasteiger partial charge is 0.497 e. The molecule has 0 radical (unpaired) electrons. The molecule has 4 aromatic rings. The van der Waals surface area contributed by atoms with E-state index in [1.54, 1.807) is 68.8 Å². The van der Waals surface area contributed by atoms with Gasteiger partial charge in [0.1, 0.15) is 28.9 Å². The number of amides is 1. The van der Waals surface area contributed by atoms with Crippen molar-refractivity contribution in [3.8, 4) is 40.0 Å². The first kappa shape index (κ1) is 25.8. The quantitative estimate of drug-likeness (QED) is 0.228. The van der Waals surface area contributed by atoms with Crippen LogP contribution in [-0.2, 0) is 14.3 Å². The number of anilines is 1. The van der Waals surface area contributed by atoms with Crippen LogP contribution < -0.4 is 14.8 Å². The van der Waals surface area contributed by atoms with Gasteiger partial charge >= 0.3 is 5.97 Å². The van der Waals surface area contributed by atoms with Gasteiger partial charge < -0.3 is 18.6 Å². The van der Waals surface area contributed by atoms with Crippen molar-refractivity contribution in [2.45, 2.75) is 0 Å². The van der Waals surface area contributed by atoms with E-state index >= 15 is 0 Å². The highest BCUT2D eigenvalue weighted by molar-refractivity contribution is 5.97. The predicted molar refractivity (Wildman–Crippen MR) is 142 cm³/mol. The molecule has 0 saturated carbocycles. The summed E-state index contributed by atoms with van der Waals surface area (Å²) in [6.45, 7) is -0.556. The van der Waals surface area contributed by atoms with Crippen LogP contribution in [0.2, 0.25) is 0 Å². The molecule has 0 spiro atoms. The number of hydrogen-bond acceptors (Lipinski definition) is 7. The van der Waals surface area contributed by atoms with Gasteiger partial charge in [0.05, 0.1) is 14.2 Å². The molecule has 1 heterocycles. The highest BCUT2D eigenvalue weighted by Crippen LogP contribution is 2.42. The van der Waals surface area contributed by atoms with Gasteiger partial charge in [-0.25, -0.2) is 4.79 Å². The van der Waals surface area contributed by atoms with Gasteiger partial charge in [0.2, 0.25) is 5.88 Å². The molecule has 4 rings (SSSR count). The molecule has 0 unspecified atom stereocenters. The molecule has 1 N–H and O–H groups in total. The van der Waals surface area contributed by atoms with Gasteiger partial charge in [0.25, 0.3) is 5.91 Å². The number of ether oxygens (including phenoxy) is 3. The van der Waals surface area contributed by atoms with Gasteiger partial charge in [0.15, 0.2) is 6.61 Å². The van der Waals surface area contributed by atoms with Crippen LogP contribution in [0.5, 0.6) is 11.5 Å². The van der Waals surface area contributed by atoms with Gasteiger partial charge in [-0.05, 0) is 53.6 Å². The van der Waals surface area contributed by atoms with Crippen LogP contribution in [0.15, 0.2) is 89.4 Å². The highest BCUT2D eigenvalue weighted by Gasteiger charge is 2.24. The van der Waals surface area contributed by atoms with Gasteiger partial charge in [0, 0.05) is 17.2 Å². The summed E-state index contributed by atoms with van der Waals surface area (Å²) in [5.74, 6) is 0.306. The number of methoxy groups -OCH3 is 2. The van der Waals surface area contributed by atoms with E-state index in [0.717, 1.165) is 5.56 Å². The fraction of sp³-hybridized carbons (Fsp3) is 0.100. The lowest BCUT2D eigenvalue weighted by Crippen LogP contribution is -2.20. The number of carbonyl (C=O) groups excluding carboxylic acids is 2. The molecule has 0 aliphatic heterocycles. The average Bonchev–Trinajstić information content (AvgIpc) is 3.33. The number of nitriles is 1. The van der Waals surface area contributed by atoms with Gasteiger partial charge in [-0.3, -0.25) is 10.1 Å². The van der Waals surface area contributed by atoms with Crippen molar-refractivity contribution < 1.29 is 28.2 Å². The molecule has 0 aliphatic rings. The maximum Gasteiger partial charge on any atom is 0.331 e. The maximum absolute atomic E-state index is 12.6. The molecule has 8 heteroatoms. The number of hydrogen-bond donors (Lipinski definition) is 1. The Kier molecular flexibility index (Phi) is 8.21. The lowest BCUT2D eigenvalue weighted by atomic mass is 9.98. The number of esters is 1. The lowest BCUT2D eigenvalue weighted by Gasteiger charge is -2.06. The summed E-state index contributed by atoms with van der Waals surface area (Å²) in [6, 6.07) is 25.6. The third-order valence-electron chi connectivity index (χ3n) is 5.56. The molecule has 0 bridgehead atoms. The zero-order valence-electron chi connectivity index (χ0n) is 20.8. The Morgan fingerprint density at radius 1 is 0.895 bits per heavy atom. The van der Waals surface area contributed by atoms with E-state index in [0.29, 0.717) is 33.9 Å². The average molecular weight is 509 g/mol. The topological polar surface area (TPSA) is 111 Å². The van der Waals surface area contributed by atoms with E-state index in [2.05, 4.69) is 11.4 Å². The second kappa shape index (κ2) is 12.1. The Morgan fingerprint density at radius 2 is 1.50 bits per heavy atom. The lowest BCUT2D eigenvalue weighted by molar-refractivity contribution is -0.142. The van der Waals surface area contributed by atoms with Gasteiger partial charge in [-0.15, -0.1) is 0 Å². The molecule has 1 aromatic heterocycles. The summed E-state index contributed by atoms with van der Waals surface area (Å²) < 4.78 is 21.5. The molecule has 8 nitrogen and oxygen atoms in total. The van der Waals surface area contributed by atoms with Gasteiger partial charge in [-0.1, -0.05) is 42.5 Å². The monoisotopic (exact) mass is 508 g/mol. The zero-order valence-corrected chi connectivity index (χ0v) is 20.8. The maximum atomic E-state index is 12.6. The summed E-state index contributed by atoms with van der Waals surface area (Å²) in [7, 11) is 3.13. The summed E-state index contributed by atoms with van der Waals surface area (Å²) >= 11 is 0. The SMILES string of the molecule is COc1ccc(-c2oc(NC(=O)COC(=O)C=Cc3ccccc3)c(C#N)c2-c2ccc(OC)cc2)cc1.